The maximum atomic E-state index is 13.6. The van der Waals surface area contributed by atoms with Crippen LogP contribution in [-0.4, -0.2) is 54.1 Å². The number of carbonyl (C=O) groups excluding carboxylic acids is 2. The molecule has 4 aliphatic carbocycles. The van der Waals surface area contributed by atoms with Crippen LogP contribution in [0.3, 0.4) is 0 Å². The Bertz CT molecular complexity index is 1230. The summed E-state index contributed by atoms with van der Waals surface area (Å²) in [6.45, 7) is 1.72. The predicted molar refractivity (Wildman–Crippen MR) is 138 cm³/mol. The molecule has 1 aromatic carbocycles. The summed E-state index contributed by atoms with van der Waals surface area (Å²) < 4.78 is 38.1. The molecule has 4 fully saturated rings. The lowest BCUT2D eigenvalue weighted by Gasteiger charge is -2.38. The number of ether oxygens (including phenoxy) is 2. The van der Waals surface area contributed by atoms with Gasteiger partial charge in [0, 0.05) is 31.0 Å². The number of carboxylic acid groups (broad SMARTS) is 1. The number of halogens is 2. The number of rotatable bonds is 8. The van der Waals surface area contributed by atoms with Crippen LogP contribution in [0.25, 0.3) is 0 Å². The number of amides is 2. The highest BCUT2D eigenvalue weighted by molar-refractivity contribution is 5.98. The van der Waals surface area contributed by atoms with Gasteiger partial charge in [-0.05, 0) is 69.8 Å². The molecule has 4 aliphatic rings. The van der Waals surface area contributed by atoms with Gasteiger partial charge in [-0.15, -0.1) is 0 Å². The van der Waals surface area contributed by atoms with Crippen LogP contribution in [0.4, 0.5) is 8.78 Å². The molecule has 4 saturated carbocycles. The average Bonchev–Trinajstić information content (AvgIpc) is 3.50. The van der Waals surface area contributed by atoms with Crippen molar-refractivity contribution in [1.29, 1.82) is 5.26 Å². The van der Waals surface area contributed by atoms with Crippen molar-refractivity contribution in [2.24, 2.45) is 23.2 Å². The highest BCUT2D eigenvalue weighted by Crippen LogP contribution is 2.49. The smallest absolute Gasteiger partial charge is 0.309 e. The van der Waals surface area contributed by atoms with Gasteiger partial charge in [-0.3, -0.25) is 14.4 Å². The van der Waals surface area contributed by atoms with E-state index in [1.807, 2.05) is 0 Å². The largest absolute Gasteiger partial charge is 0.496 e. The number of carbonyl (C=O) groups is 3. The maximum absolute atomic E-state index is 13.6. The molecule has 0 heterocycles. The van der Waals surface area contributed by atoms with Crippen LogP contribution in [0.1, 0.15) is 80.6 Å². The summed E-state index contributed by atoms with van der Waals surface area (Å²) in [6, 6.07) is 3.99. The molecule has 2 bridgehead atoms. The monoisotopic (exact) mass is 559 g/mol. The summed E-state index contributed by atoms with van der Waals surface area (Å²) >= 11 is 0. The zero-order chi connectivity index (χ0) is 28.8. The van der Waals surface area contributed by atoms with Gasteiger partial charge in [0.1, 0.15) is 17.6 Å². The number of hydrogen-bond acceptors (Lipinski definition) is 6. The van der Waals surface area contributed by atoms with Gasteiger partial charge in [-0.1, -0.05) is 0 Å². The first kappa shape index (κ1) is 28.1. The van der Waals surface area contributed by atoms with Gasteiger partial charge in [0.2, 0.25) is 5.91 Å². The lowest BCUT2D eigenvalue weighted by Crippen LogP contribution is -2.56. The maximum Gasteiger partial charge on any atom is 0.309 e. The molecule has 1 aromatic rings. The minimum absolute atomic E-state index is 0.0837. The van der Waals surface area contributed by atoms with Gasteiger partial charge in [-0.2, -0.15) is 5.26 Å². The van der Waals surface area contributed by atoms with E-state index in [0.717, 1.165) is 19.3 Å². The number of nitrogens with one attached hydrogen (secondary N) is 2. The summed E-state index contributed by atoms with van der Waals surface area (Å²) in [4.78, 5) is 38.3. The topological polar surface area (TPSA) is 138 Å². The molecule has 40 heavy (non-hydrogen) atoms. The summed E-state index contributed by atoms with van der Waals surface area (Å²) in [6.07, 6.45) is 3.35. The highest BCUT2D eigenvalue weighted by Gasteiger charge is 2.53. The van der Waals surface area contributed by atoms with Crippen molar-refractivity contribution >= 4 is 17.8 Å². The van der Waals surface area contributed by atoms with Crippen LogP contribution in [0.15, 0.2) is 12.1 Å². The van der Waals surface area contributed by atoms with E-state index in [1.54, 1.807) is 6.92 Å². The molecule has 0 saturated heterocycles. The van der Waals surface area contributed by atoms with Crippen LogP contribution in [0.2, 0.25) is 0 Å². The molecule has 0 aliphatic heterocycles. The second-order valence-corrected chi connectivity index (χ2v) is 12.2. The van der Waals surface area contributed by atoms with Crippen molar-refractivity contribution in [3.05, 3.63) is 23.3 Å². The molecule has 0 radical (unpaired) electrons. The summed E-state index contributed by atoms with van der Waals surface area (Å²) in [7, 11) is 1.39. The normalized spacial score (nSPS) is 32.4. The second-order valence-electron chi connectivity index (χ2n) is 12.2. The van der Waals surface area contributed by atoms with Crippen molar-refractivity contribution in [2.45, 2.75) is 88.8 Å². The fourth-order valence-corrected chi connectivity index (χ4v) is 7.00. The Morgan fingerprint density at radius 2 is 1.73 bits per heavy atom. The number of nitrogens with zero attached hydrogens (tertiary/aromatic N) is 1. The molecule has 216 valence electrons. The minimum atomic E-state index is -2.74. The lowest BCUT2D eigenvalue weighted by atomic mass is 9.75. The van der Waals surface area contributed by atoms with E-state index >= 15 is 0 Å². The molecule has 5 rings (SSSR count). The fourth-order valence-electron chi connectivity index (χ4n) is 7.00. The highest BCUT2D eigenvalue weighted by atomic mass is 19.3. The van der Waals surface area contributed by atoms with E-state index in [1.165, 1.54) is 19.2 Å². The van der Waals surface area contributed by atoms with Crippen molar-refractivity contribution in [2.75, 3.05) is 7.11 Å². The zero-order valence-corrected chi connectivity index (χ0v) is 22.7. The third-order valence-electron chi connectivity index (χ3n) is 9.47. The second kappa shape index (κ2) is 10.5. The number of fused-ring (bicyclic) bond motifs is 2. The first-order valence-corrected chi connectivity index (χ1v) is 13.9. The third kappa shape index (κ3) is 5.32. The Morgan fingerprint density at radius 1 is 1.05 bits per heavy atom. The number of aliphatic carboxylic acids is 1. The Kier molecular flexibility index (Phi) is 7.40. The number of methoxy groups -OCH3 is 1. The van der Waals surface area contributed by atoms with E-state index in [4.69, 9.17) is 9.47 Å². The van der Waals surface area contributed by atoms with Gasteiger partial charge in [0.25, 0.3) is 11.8 Å². The minimum Gasteiger partial charge on any atom is -0.496 e. The zero-order valence-electron chi connectivity index (χ0n) is 22.7. The number of carboxylic acids is 1. The molecule has 0 aromatic heterocycles. The van der Waals surface area contributed by atoms with Crippen LogP contribution in [-0.2, 0) is 9.59 Å². The number of alkyl halides is 2. The SMILES string of the molecule is COc1cc(C#N)c(OC2CCC(C)(C(=O)O)CC2)cc1C(=O)NC1C2CCC(C2)C1C(=O)NC1CC(F)(F)C1. The van der Waals surface area contributed by atoms with Crippen molar-refractivity contribution in [1.82, 2.24) is 10.6 Å². The number of nitriles is 1. The summed E-state index contributed by atoms with van der Waals surface area (Å²) in [5, 5.41) is 25.0. The standard InChI is InChI=1S/C29H35F2N3O6/c1-28(27(37)38)7-5-19(6-8-28)40-21-11-20(22(39-2)10-17(21)14-32)25(35)34-24-16-4-3-15(9-16)23(24)26(36)33-18-12-29(30,31)13-18/h10-11,15-16,18-19,23-24H,3-9,12-13H2,1-2H3,(H,33,36)(H,34,35)(H,37,38). The molecule has 0 spiro atoms. The number of hydrogen-bond donors (Lipinski definition) is 3. The van der Waals surface area contributed by atoms with Gasteiger partial charge in [-0.25, -0.2) is 8.78 Å². The van der Waals surface area contributed by atoms with Gasteiger partial charge in [0.05, 0.1) is 35.7 Å². The molecule has 2 amide bonds. The van der Waals surface area contributed by atoms with Crippen molar-refractivity contribution in [3.8, 4) is 17.6 Å². The number of benzene rings is 1. The van der Waals surface area contributed by atoms with Crippen LogP contribution in [0, 0.1) is 34.5 Å². The van der Waals surface area contributed by atoms with Crippen molar-refractivity contribution < 1.29 is 37.7 Å². The summed E-state index contributed by atoms with van der Waals surface area (Å²) in [5.41, 5.74) is -0.469. The molecular formula is C29H35F2N3O6. The van der Waals surface area contributed by atoms with Gasteiger partial charge in [0.15, 0.2) is 0 Å². The average molecular weight is 560 g/mol. The van der Waals surface area contributed by atoms with Gasteiger partial charge >= 0.3 is 5.97 Å². The molecule has 4 atom stereocenters. The Labute approximate surface area is 231 Å². The lowest BCUT2D eigenvalue weighted by molar-refractivity contribution is -0.150. The molecule has 11 heteroatoms. The first-order valence-electron chi connectivity index (χ1n) is 13.9. The molecule has 4 unspecified atom stereocenters. The van der Waals surface area contributed by atoms with E-state index in [0.29, 0.717) is 25.7 Å². The molecule has 3 N–H and O–H groups in total. The van der Waals surface area contributed by atoms with E-state index < -0.39 is 41.2 Å². The van der Waals surface area contributed by atoms with E-state index in [-0.39, 0.29) is 59.3 Å². The Morgan fingerprint density at radius 3 is 2.33 bits per heavy atom. The van der Waals surface area contributed by atoms with E-state index in [9.17, 15) is 33.5 Å². The fraction of sp³-hybridized carbons (Fsp3) is 0.655. The molecular weight excluding hydrogens is 524 g/mol. The van der Waals surface area contributed by atoms with Crippen LogP contribution >= 0.6 is 0 Å². The molecule has 9 nitrogen and oxygen atoms in total. The third-order valence-corrected chi connectivity index (χ3v) is 9.47. The van der Waals surface area contributed by atoms with Crippen LogP contribution in [0.5, 0.6) is 11.5 Å². The first-order chi connectivity index (χ1) is 18.9. The quantitative estimate of drug-likeness (QED) is 0.437. The van der Waals surface area contributed by atoms with E-state index in [2.05, 4.69) is 16.7 Å². The summed E-state index contributed by atoms with van der Waals surface area (Å²) in [5.74, 6) is -4.25. The van der Waals surface area contributed by atoms with Crippen molar-refractivity contribution in [3.63, 3.8) is 0 Å². The van der Waals surface area contributed by atoms with Crippen LogP contribution < -0.4 is 20.1 Å². The Balaban J connectivity index is 1.31. The Hall–Kier alpha value is -3.42. The predicted octanol–water partition coefficient (Wildman–Crippen LogP) is 4.04. The van der Waals surface area contributed by atoms with Gasteiger partial charge < -0.3 is 25.2 Å².